The Morgan fingerprint density at radius 3 is 2.58 bits per heavy atom. The van der Waals surface area contributed by atoms with E-state index in [0.29, 0.717) is 22.5 Å². The highest BCUT2D eigenvalue weighted by Gasteiger charge is 2.31. The Morgan fingerprint density at radius 1 is 1.12 bits per heavy atom. The molecule has 1 aliphatic heterocycles. The molecule has 0 saturated carbocycles. The van der Waals surface area contributed by atoms with Gasteiger partial charge in [0.15, 0.2) is 0 Å². The first-order valence-corrected chi connectivity index (χ1v) is 7.45. The summed E-state index contributed by atoms with van der Waals surface area (Å²) in [7, 11) is 0. The summed E-state index contributed by atoms with van der Waals surface area (Å²) in [6.45, 7) is 1.64. The van der Waals surface area contributed by atoms with Crippen molar-refractivity contribution < 1.29 is 14.0 Å². The third-order valence-corrected chi connectivity index (χ3v) is 3.73. The summed E-state index contributed by atoms with van der Waals surface area (Å²) in [5.41, 5.74) is 1.91. The highest BCUT2D eigenvalue weighted by Crippen LogP contribution is 2.28. The Labute approximate surface area is 138 Å². The van der Waals surface area contributed by atoms with Crippen LogP contribution in [0.4, 0.5) is 14.9 Å². The van der Waals surface area contributed by atoms with Gasteiger partial charge in [0.1, 0.15) is 5.82 Å². The van der Waals surface area contributed by atoms with Gasteiger partial charge in [0.05, 0.1) is 11.6 Å². The minimum atomic E-state index is -0.724. The lowest BCUT2D eigenvalue weighted by atomic mass is 9.94. The molecule has 24 heavy (non-hydrogen) atoms. The van der Waals surface area contributed by atoms with Crippen molar-refractivity contribution in [2.45, 2.75) is 13.0 Å². The van der Waals surface area contributed by atoms with Crippen LogP contribution in [0.2, 0.25) is 0 Å². The predicted molar refractivity (Wildman–Crippen MR) is 88.6 cm³/mol. The van der Waals surface area contributed by atoms with Crippen molar-refractivity contribution >= 4 is 17.6 Å². The van der Waals surface area contributed by atoms with Gasteiger partial charge in [-0.25, -0.2) is 9.18 Å². The summed E-state index contributed by atoms with van der Waals surface area (Å²) < 4.78 is 13.5. The van der Waals surface area contributed by atoms with E-state index in [9.17, 15) is 14.0 Å². The molecule has 6 heteroatoms. The van der Waals surface area contributed by atoms with Crippen molar-refractivity contribution in [1.29, 1.82) is 0 Å². The Hall–Kier alpha value is -3.15. The third kappa shape index (κ3) is 3.27. The lowest BCUT2D eigenvalue weighted by molar-refractivity contribution is -0.113. The van der Waals surface area contributed by atoms with Crippen LogP contribution in [0.15, 0.2) is 65.9 Å². The van der Waals surface area contributed by atoms with E-state index < -0.39 is 17.9 Å². The van der Waals surface area contributed by atoms with E-state index in [1.54, 1.807) is 31.2 Å². The summed E-state index contributed by atoms with van der Waals surface area (Å²) in [5, 5.41) is 8.05. The minimum absolute atomic E-state index is 0.337. The molecule has 3 amide bonds. The molecule has 1 heterocycles. The zero-order valence-electron chi connectivity index (χ0n) is 13.0. The average molecular weight is 325 g/mol. The summed E-state index contributed by atoms with van der Waals surface area (Å²) in [6.07, 6.45) is 0. The second-order valence-corrected chi connectivity index (χ2v) is 5.45. The van der Waals surface area contributed by atoms with Gasteiger partial charge in [0, 0.05) is 11.4 Å². The number of para-hydroxylation sites is 1. The largest absolute Gasteiger partial charge is 0.327 e. The molecular formula is C18H16FN3O2. The van der Waals surface area contributed by atoms with Gasteiger partial charge in [-0.1, -0.05) is 30.3 Å². The molecule has 0 bridgehead atoms. The number of rotatable bonds is 3. The number of carbonyl (C=O) groups excluding carboxylic acids is 2. The number of allylic oxidation sites excluding steroid dienone is 1. The van der Waals surface area contributed by atoms with E-state index >= 15 is 0 Å². The van der Waals surface area contributed by atoms with E-state index in [1.165, 1.54) is 12.1 Å². The highest BCUT2D eigenvalue weighted by atomic mass is 19.1. The SMILES string of the molecule is CC1=C(C(=O)Nc2ccccc2)[C@H](c2cccc(F)c2)NC(=O)N1. The Balaban J connectivity index is 1.96. The van der Waals surface area contributed by atoms with Crippen LogP contribution in [0.3, 0.4) is 0 Å². The highest BCUT2D eigenvalue weighted by molar-refractivity contribution is 6.06. The molecule has 0 aliphatic carbocycles. The Morgan fingerprint density at radius 2 is 1.88 bits per heavy atom. The molecule has 3 N–H and O–H groups in total. The molecule has 0 aromatic heterocycles. The lowest BCUT2D eigenvalue weighted by Gasteiger charge is -2.28. The molecule has 2 aromatic rings. The first-order chi connectivity index (χ1) is 11.5. The summed E-state index contributed by atoms with van der Waals surface area (Å²) in [4.78, 5) is 24.5. The van der Waals surface area contributed by atoms with E-state index in [1.807, 2.05) is 18.2 Å². The van der Waals surface area contributed by atoms with E-state index in [-0.39, 0.29) is 5.91 Å². The predicted octanol–water partition coefficient (Wildman–Crippen LogP) is 3.09. The van der Waals surface area contributed by atoms with Gasteiger partial charge in [-0.05, 0) is 36.8 Å². The van der Waals surface area contributed by atoms with Crippen molar-refractivity contribution in [2.24, 2.45) is 0 Å². The number of carbonyl (C=O) groups is 2. The van der Waals surface area contributed by atoms with Crippen molar-refractivity contribution in [2.75, 3.05) is 5.32 Å². The van der Waals surface area contributed by atoms with Crippen LogP contribution >= 0.6 is 0 Å². The molecule has 3 rings (SSSR count). The van der Waals surface area contributed by atoms with Gasteiger partial charge in [0.2, 0.25) is 0 Å². The molecule has 2 aromatic carbocycles. The average Bonchev–Trinajstić information content (AvgIpc) is 2.55. The lowest BCUT2D eigenvalue weighted by Crippen LogP contribution is -2.46. The number of halogens is 1. The second kappa shape index (κ2) is 6.54. The number of amides is 3. The van der Waals surface area contributed by atoms with Gasteiger partial charge >= 0.3 is 6.03 Å². The first kappa shape index (κ1) is 15.7. The van der Waals surface area contributed by atoms with Crippen LogP contribution in [-0.4, -0.2) is 11.9 Å². The van der Waals surface area contributed by atoms with Crippen molar-refractivity contribution in [1.82, 2.24) is 10.6 Å². The van der Waals surface area contributed by atoms with E-state index in [4.69, 9.17) is 0 Å². The first-order valence-electron chi connectivity index (χ1n) is 7.45. The second-order valence-electron chi connectivity index (χ2n) is 5.45. The fourth-order valence-corrected chi connectivity index (χ4v) is 2.65. The maximum atomic E-state index is 13.5. The smallest absolute Gasteiger partial charge is 0.319 e. The van der Waals surface area contributed by atoms with E-state index in [0.717, 1.165) is 0 Å². The topological polar surface area (TPSA) is 70.2 Å². The molecule has 122 valence electrons. The molecule has 0 fully saturated rings. The summed E-state index contributed by atoms with van der Waals surface area (Å²) in [6, 6.07) is 13.7. The zero-order chi connectivity index (χ0) is 17.1. The van der Waals surface area contributed by atoms with Crippen LogP contribution in [0.1, 0.15) is 18.5 Å². The van der Waals surface area contributed by atoms with Crippen molar-refractivity contribution in [3.63, 3.8) is 0 Å². The third-order valence-electron chi connectivity index (χ3n) is 3.73. The Kier molecular flexibility index (Phi) is 4.29. The van der Waals surface area contributed by atoms with Crippen LogP contribution in [0.5, 0.6) is 0 Å². The van der Waals surface area contributed by atoms with E-state index in [2.05, 4.69) is 16.0 Å². The Bertz CT molecular complexity index is 818. The molecular weight excluding hydrogens is 309 g/mol. The number of hydrogen-bond acceptors (Lipinski definition) is 2. The molecule has 1 atom stereocenters. The number of urea groups is 1. The fourth-order valence-electron chi connectivity index (χ4n) is 2.65. The number of hydrogen-bond donors (Lipinski definition) is 3. The van der Waals surface area contributed by atoms with Crippen molar-refractivity contribution in [3.05, 3.63) is 77.2 Å². The molecule has 1 aliphatic rings. The standard InChI is InChI=1S/C18H16FN3O2/c1-11-15(17(23)21-14-8-3-2-4-9-14)16(22-18(24)20-11)12-6-5-7-13(19)10-12/h2-10,16H,1H3,(H,21,23)(H2,20,22,24)/t16-/m0/s1. The van der Waals surface area contributed by atoms with Crippen LogP contribution in [0.25, 0.3) is 0 Å². The summed E-state index contributed by atoms with van der Waals surface area (Å²) >= 11 is 0. The molecule has 0 radical (unpaired) electrons. The molecule has 5 nitrogen and oxygen atoms in total. The maximum absolute atomic E-state index is 13.5. The quantitative estimate of drug-likeness (QED) is 0.811. The van der Waals surface area contributed by atoms with Gasteiger partial charge in [-0.2, -0.15) is 0 Å². The van der Waals surface area contributed by atoms with Gasteiger partial charge in [0.25, 0.3) is 5.91 Å². The van der Waals surface area contributed by atoms with Gasteiger partial charge < -0.3 is 16.0 Å². The van der Waals surface area contributed by atoms with Crippen LogP contribution in [-0.2, 0) is 4.79 Å². The monoisotopic (exact) mass is 325 g/mol. The molecule has 0 saturated heterocycles. The molecule has 0 unspecified atom stereocenters. The number of benzene rings is 2. The number of nitrogens with one attached hydrogen (secondary N) is 3. The van der Waals surface area contributed by atoms with Crippen LogP contribution < -0.4 is 16.0 Å². The maximum Gasteiger partial charge on any atom is 0.319 e. The van der Waals surface area contributed by atoms with Crippen molar-refractivity contribution in [3.8, 4) is 0 Å². The fraction of sp³-hybridized carbons (Fsp3) is 0.111. The van der Waals surface area contributed by atoms with Crippen LogP contribution in [0, 0.1) is 5.82 Å². The normalized spacial score (nSPS) is 17.1. The minimum Gasteiger partial charge on any atom is -0.327 e. The summed E-state index contributed by atoms with van der Waals surface area (Å²) in [5.74, 6) is -0.791. The van der Waals surface area contributed by atoms with Gasteiger partial charge in [-0.15, -0.1) is 0 Å². The van der Waals surface area contributed by atoms with Gasteiger partial charge in [-0.3, -0.25) is 4.79 Å². The molecule has 0 spiro atoms. The zero-order valence-corrected chi connectivity index (χ0v) is 13.0. The number of anilines is 1.